The van der Waals surface area contributed by atoms with Crippen molar-refractivity contribution in [3.05, 3.63) is 41.5 Å². The third kappa shape index (κ3) is 5.91. The number of aliphatic carboxylic acids is 1. The fourth-order valence-corrected chi connectivity index (χ4v) is 2.75. The van der Waals surface area contributed by atoms with Crippen molar-refractivity contribution < 1.29 is 33.6 Å². The summed E-state index contributed by atoms with van der Waals surface area (Å²) < 4.78 is 21.3. The van der Waals surface area contributed by atoms with Gasteiger partial charge in [-0.15, -0.1) is 0 Å². The van der Waals surface area contributed by atoms with Gasteiger partial charge in [0.05, 0.1) is 40.5 Å². The number of hydrogen-bond donors (Lipinski definition) is 2. The maximum absolute atomic E-state index is 12.0. The summed E-state index contributed by atoms with van der Waals surface area (Å²) in [4.78, 5) is 22.6. The predicted octanol–water partition coefficient (Wildman–Crippen LogP) is 3.69. The van der Waals surface area contributed by atoms with Crippen molar-refractivity contribution in [1.29, 1.82) is 0 Å². The Balaban J connectivity index is 2.27. The second-order valence-electron chi connectivity index (χ2n) is 6.19. The van der Waals surface area contributed by atoms with Gasteiger partial charge in [-0.2, -0.15) is 0 Å². The molecule has 0 unspecified atom stereocenters. The summed E-state index contributed by atoms with van der Waals surface area (Å²) in [7, 11) is 6.13. The average molecular weight is 415 g/mol. The quantitative estimate of drug-likeness (QED) is 0.570. The predicted molar refractivity (Wildman–Crippen MR) is 114 cm³/mol. The summed E-state index contributed by atoms with van der Waals surface area (Å²) in [5.74, 6) is 0.632. The summed E-state index contributed by atoms with van der Waals surface area (Å²) in [6, 6.07) is 8.93. The molecule has 2 N–H and O–H groups in total. The van der Waals surface area contributed by atoms with Crippen LogP contribution in [0.4, 0.5) is 5.69 Å². The van der Waals surface area contributed by atoms with E-state index in [1.54, 1.807) is 33.5 Å². The molecule has 30 heavy (non-hydrogen) atoms. The number of carboxylic acid groups (broad SMARTS) is 1. The molecule has 0 aliphatic rings. The van der Waals surface area contributed by atoms with Crippen molar-refractivity contribution in [2.24, 2.45) is 0 Å². The van der Waals surface area contributed by atoms with E-state index in [0.717, 1.165) is 11.1 Å². The van der Waals surface area contributed by atoms with E-state index in [4.69, 9.17) is 24.1 Å². The highest BCUT2D eigenvalue weighted by atomic mass is 16.5. The van der Waals surface area contributed by atoms with E-state index in [0.29, 0.717) is 28.7 Å². The van der Waals surface area contributed by atoms with Crippen molar-refractivity contribution in [1.82, 2.24) is 0 Å². The molecule has 0 aliphatic heterocycles. The van der Waals surface area contributed by atoms with E-state index in [1.807, 2.05) is 30.4 Å². The van der Waals surface area contributed by atoms with Crippen LogP contribution in [0.15, 0.2) is 30.3 Å². The number of nitrogens with one attached hydrogen (secondary N) is 1. The Morgan fingerprint density at radius 2 is 1.43 bits per heavy atom. The Labute approximate surface area is 175 Å². The molecule has 0 saturated carbocycles. The van der Waals surface area contributed by atoms with E-state index < -0.39 is 11.9 Å². The molecule has 2 rings (SSSR count). The Hall–Kier alpha value is -3.68. The molecule has 8 nitrogen and oxygen atoms in total. The van der Waals surface area contributed by atoms with Gasteiger partial charge in [-0.25, -0.2) is 0 Å². The normalized spacial score (nSPS) is 10.5. The lowest BCUT2D eigenvalue weighted by molar-refractivity contribution is -0.138. The largest absolute Gasteiger partial charge is 0.495 e. The Kier molecular flexibility index (Phi) is 8.10. The van der Waals surface area contributed by atoms with Crippen molar-refractivity contribution >= 4 is 29.7 Å². The maximum atomic E-state index is 12.0. The molecule has 0 saturated heterocycles. The van der Waals surface area contributed by atoms with E-state index >= 15 is 0 Å². The number of ether oxygens (including phenoxy) is 4. The molecule has 0 radical (unpaired) electrons. The van der Waals surface area contributed by atoms with E-state index in [-0.39, 0.29) is 12.8 Å². The van der Waals surface area contributed by atoms with Gasteiger partial charge in [0.2, 0.25) is 11.7 Å². The van der Waals surface area contributed by atoms with Crippen molar-refractivity contribution in [2.45, 2.75) is 12.8 Å². The van der Waals surface area contributed by atoms with Gasteiger partial charge >= 0.3 is 5.97 Å². The molecule has 160 valence electrons. The molecule has 0 bridgehead atoms. The highest BCUT2D eigenvalue weighted by Gasteiger charge is 2.13. The number of carbonyl (C=O) groups is 2. The Morgan fingerprint density at radius 3 is 1.97 bits per heavy atom. The number of amides is 1. The van der Waals surface area contributed by atoms with Gasteiger partial charge in [0.25, 0.3) is 0 Å². The first-order valence-electron chi connectivity index (χ1n) is 9.09. The minimum Gasteiger partial charge on any atom is -0.495 e. The number of hydrogen-bond acceptors (Lipinski definition) is 6. The van der Waals surface area contributed by atoms with Gasteiger partial charge in [0.1, 0.15) is 5.75 Å². The number of rotatable bonds is 10. The third-order valence-corrected chi connectivity index (χ3v) is 4.22. The maximum Gasteiger partial charge on any atom is 0.303 e. The van der Waals surface area contributed by atoms with Gasteiger partial charge in [-0.3, -0.25) is 9.59 Å². The number of anilines is 1. The highest BCUT2D eigenvalue weighted by Crippen LogP contribution is 2.38. The van der Waals surface area contributed by atoms with E-state index in [2.05, 4.69) is 5.32 Å². The van der Waals surface area contributed by atoms with Crippen LogP contribution in [0.5, 0.6) is 23.0 Å². The Bertz CT molecular complexity index is 912. The minimum absolute atomic E-state index is 0.121. The van der Waals surface area contributed by atoms with Crippen LogP contribution in [-0.2, 0) is 9.59 Å². The summed E-state index contributed by atoms with van der Waals surface area (Å²) in [6.07, 6.45) is 3.36. The van der Waals surface area contributed by atoms with E-state index in [9.17, 15) is 9.59 Å². The number of methoxy groups -OCH3 is 4. The van der Waals surface area contributed by atoms with Crippen LogP contribution >= 0.6 is 0 Å². The molecular formula is C22H25NO7. The van der Waals surface area contributed by atoms with Crippen LogP contribution in [0.2, 0.25) is 0 Å². The van der Waals surface area contributed by atoms with E-state index in [1.165, 1.54) is 7.11 Å². The van der Waals surface area contributed by atoms with Gasteiger partial charge < -0.3 is 29.4 Å². The van der Waals surface area contributed by atoms with Crippen LogP contribution < -0.4 is 24.3 Å². The van der Waals surface area contributed by atoms with Gasteiger partial charge in [0.15, 0.2) is 11.5 Å². The lowest BCUT2D eigenvalue weighted by Gasteiger charge is -2.13. The summed E-state index contributed by atoms with van der Waals surface area (Å²) in [5, 5.41) is 11.4. The molecular weight excluding hydrogens is 390 g/mol. The number of carboxylic acids is 1. The topological polar surface area (TPSA) is 103 Å². The molecule has 0 atom stereocenters. The first-order chi connectivity index (χ1) is 14.4. The number of carbonyl (C=O) groups excluding carboxylic acids is 1. The minimum atomic E-state index is -1.03. The Morgan fingerprint density at radius 1 is 0.833 bits per heavy atom. The molecule has 0 aromatic heterocycles. The SMILES string of the molecule is COc1ccc(C=Cc2cc(OC)c(OC)c(OC)c2)cc1NC(=O)CCC(=O)O. The second-order valence-corrected chi connectivity index (χ2v) is 6.19. The second kappa shape index (κ2) is 10.8. The van der Waals surface area contributed by atoms with Crippen molar-refractivity contribution in [3.63, 3.8) is 0 Å². The molecule has 0 heterocycles. The molecule has 1 amide bonds. The zero-order valence-corrected chi connectivity index (χ0v) is 17.4. The molecule has 0 spiro atoms. The highest BCUT2D eigenvalue weighted by molar-refractivity contribution is 5.94. The third-order valence-electron chi connectivity index (χ3n) is 4.22. The lowest BCUT2D eigenvalue weighted by atomic mass is 10.1. The standard InChI is InChI=1S/C22H25NO7/c1-27-17-8-7-14(11-16(17)23-20(24)9-10-21(25)26)5-6-15-12-18(28-2)22(30-4)19(13-15)29-3/h5-8,11-13H,9-10H2,1-4H3,(H,23,24)(H,25,26). The van der Waals surface area contributed by atoms with Crippen molar-refractivity contribution in [3.8, 4) is 23.0 Å². The van der Waals surface area contributed by atoms with Crippen LogP contribution in [0.1, 0.15) is 24.0 Å². The monoisotopic (exact) mass is 415 g/mol. The summed E-state index contributed by atoms with van der Waals surface area (Å²) in [6.45, 7) is 0. The molecule has 2 aromatic rings. The van der Waals surface area contributed by atoms with Gasteiger partial charge in [-0.05, 0) is 35.4 Å². The smallest absolute Gasteiger partial charge is 0.303 e. The van der Waals surface area contributed by atoms with Crippen molar-refractivity contribution in [2.75, 3.05) is 33.8 Å². The summed E-state index contributed by atoms with van der Waals surface area (Å²) in [5.41, 5.74) is 2.09. The molecule has 2 aromatic carbocycles. The lowest BCUT2D eigenvalue weighted by Crippen LogP contribution is -2.13. The van der Waals surface area contributed by atoms with Crippen LogP contribution in [0.3, 0.4) is 0 Å². The molecule has 8 heteroatoms. The van der Waals surface area contributed by atoms with Gasteiger partial charge in [0, 0.05) is 6.42 Å². The zero-order chi connectivity index (χ0) is 22.1. The molecule has 0 aliphatic carbocycles. The van der Waals surface area contributed by atoms with Crippen LogP contribution in [0, 0.1) is 0 Å². The zero-order valence-electron chi connectivity index (χ0n) is 17.4. The van der Waals surface area contributed by atoms with Crippen LogP contribution in [0.25, 0.3) is 12.2 Å². The number of benzene rings is 2. The summed E-state index contributed by atoms with van der Waals surface area (Å²) >= 11 is 0. The first-order valence-corrected chi connectivity index (χ1v) is 9.09. The van der Waals surface area contributed by atoms with Crippen LogP contribution in [-0.4, -0.2) is 45.4 Å². The first kappa shape index (κ1) is 22.6. The fourth-order valence-electron chi connectivity index (χ4n) is 2.75. The fraction of sp³-hybridized carbons (Fsp3) is 0.273. The average Bonchev–Trinajstić information content (AvgIpc) is 2.75. The van der Waals surface area contributed by atoms with Gasteiger partial charge in [-0.1, -0.05) is 18.2 Å². The molecule has 0 fully saturated rings.